The first kappa shape index (κ1) is 15.2. The predicted molar refractivity (Wildman–Crippen MR) is 79.5 cm³/mol. The molecule has 1 aliphatic rings. The van der Waals surface area contributed by atoms with Gasteiger partial charge in [-0.25, -0.2) is 4.39 Å². The molecule has 0 amide bonds. The van der Waals surface area contributed by atoms with Crippen LogP contribution in [0.25, 0.3) is 0 Å². The molecule has 4 nitrogen and oxygen atoms in total. The summed E-state index contributed by atoms with van der Waals surface area (Å²) in [5.41, 5.74) is 1.73. The van der Waals surface area contributed by atoms with Gasteiger partial charge in [-0.1, -0.05) is 6.07 Å². The van der Waals surface area contributed by atoms with Crippen LogP contribution in [0.3, 0.4) is 0 Å². The van der Waals surface area contributed by atoms with Crippen molar-refractivity contribution in [1.29, 1.82) is 0 Å². The van der Waals surface area contributed by atoms with Crippen LogP contribution in [-0.2, 0) is 6.54 Å². The Morgan fingerprint density at radius 1 is 1.25 bits per heavy atom. The van der Waals surface area contributed by atoms with E-state index in [1.807, 2.05) is 13.1 Å². The number of halogens is 1. The van der Waals surface area contributed by atoms with Gasteiger partial charge < -0.3 is 15.3 Å². The largest absolute Gasteiger partial charge is 0.395 e. The highest BCUT2D eigenvalue weighted by Gasteiger charge is 2.18. The van der Waals surface area contributed by atoms with Crippen LogP contribution in [-0.4, -0.2) is 56.4 Å². The summed E-state index contributed by atoms with van der Waals surface area (Å²) < 4.78 is 14.0. The monoisotopic (exact) mass is 281 g/mol. The van der Waals surface area contributed by atoms with Crippen molar-refractivity contribution >= 4 is 5.69 Å². The molecule has 1 saturated heterocycles. The first-order valence-corrected chi connectivity index (χ1v) is 7.26. The van der Waals surface area contributed by atoms with E-state index in [0.29, 0.717) is 6.54 Å². The van der Waals surface area contributed by atoms with E-state index in [1.165, 1.54) is 6.07 Å². The summed E-state index contributed by atoms with van der Waals surface area (Å²) in [7, 11) is 1.83. The van der Waals surface area contributed by atoms with Crippen LogP contribution in [0.5, 0.6) is 0 Å². The van der Waals surface area contributed by atoms with E-state index >= 15 is 0 Å². The number of hydrogen-bond acceptors (Lipinski definition) is 4. The van der Waals surface area contributed by atoms with Gasteiger partial charge in [0.2, 0.25) is 0 Å². The van der Waals surface area contributed by atoms with Gasteiger partial charge in [-0.2, -0.15) is 0 Å². The van der Waals surface area contributed by atoms with Gasteiger partial charge in [0.05, 0.1) is 6.61 Å². The van der Waals surface area contributed by atoms with Gasteiger partial charge in [0.25, 0.3) is 0 Å². The van der Waals surface area contributed by atoms with Crippen LogP contribution in [0.2, 0.25) is 0 Å². The predicted octanol–water partition coefficient (Wildman–Crippen LogP) is 1.05. The highest BCUT2D eigenvalue weighted by atomic mass is 19.1. The minimum absolute atomic E-state index is 0.145. The first-order valence-electron chi connectivity index (χ1n) is 7.26. The number of anilines is 1. The summed E-state index contributed by atoms with van der Waals surface area (Å²) in [6.45, 7) is 5.18. The van der Waals surface area contributed by atoms with Gasteiger partial charge in [0.15, 0.2) is 0 Å². The Hall–Kier alpha value is -1.17. The molecule has 0 saturated carbocycles. The van der Waals surface area contributed by atoms with E-state index in [2.05, 4.69) is 15.1 Å². The summed E-state index contributed by atoms with van der Waals surface area (Å²) in [5, 5.41) is 12.1. The topological polar surface area (TPSA) is 38.7 Å². The van der Waals surface area contributed by atoms with Crippen molar-refractivity contribution in [3.63, 3.8) is 0 Å². The molecule has 0 radical (unpaired) electrons. The van der Waals surface area contributed by atoms with E-state index in [-0.39, 0.29) is 12.4 Å². The number of rotatable bonds is 5. The van der Waals surface area contributed by atoms with Gasteiger partial charge in [0.1, 0.15) is 5.82 Å². The molecule has 0 aliphatic carbocycles. The molecule has 1 fully saturated rings. The quantitative estimate of drug-likeness (QED) is 0.846. The molecule has 0 aromatic heterocycles. The average Bonchev–Trinajstić information content (AvgIpc) is 2.67. The Kier molecular flexibility index (Phi) is 5.76. The van der Waals surface area contributed by atoms with Gasteiger partial charge in [0, 0.05) is 44.0 Å². The van der Waals surface area contributed by atoms with Crippen LogP contribution in [0.1, 0.15) is 12.0 Å². The number of nitrogens with zero attached hydrogens (tertiary/aromatic N) is 2. The van der Waals surface area contributed by atoms with Crippen molar-refractivity contribution in [2.75, 3.05) is 51.3 Å². The van der Waals surface area contributed by atoms with Crippen LogP contribution in [0.4, 0.5) is 10.1 Å². The second kappa shape index (κ2) is 7.57. The first-order chi connectivity index (χ1) is 9.76. The number of aliphatic hydroxyl groups is 1. The third-order valence-corrected chi connectivity index (χ3v) is 3.79. The van der Waals surface area contributed by atoms with Crippen molar-refractivity contribution in [2.45, 2.75) is 13.0 Å². The highest BCUT2D eigenvalue weighted by Crippen LogP contribution is 2.24. The Balaban J connectivity index is 2.13. The number of nitrogens with one attached hydrogen (secondary N) is 1. The SMILES string of the molecule is CNCc1c(F)cccc1N1CCCN(CCO)CC1. The second-order valence-corrected chi connectivity index (χ2v) is 5.17. The normalized spacial score (nSPS) is 17.2. The number of aliphatic hydroxyl groups excluding tert-OH is 1. The van der Waals surface area contributed by atoms with Crippen LogP contribution < -0.4 is 10.2 Å². The zero-order valence-electron chi connectivity index (χ0n) is 12.1. The van der Waals surface area contributed by atoms with E-state index in [0.717, 1.165) is 50.4 Å². The smallest absolute Gasteiger partial charge is 0.129 e. The molecule has 2 rings (SSSR count). The molecule has 0 unspecified atom stereocenters. The van der Waals surface area contributed by atoms with Crippen molar-refractivity contribution < 1.29 is 9.50 Å². The van der Waals surface area contributed by atoms with Crippen molar-refractivity contribution in [2.24, 2.45) is 0 Å². The summed E-state index contributed by atoms with van der Waals surface area (Å²) in [4.78, 5) is 4.52. The third-order valence-electron chi connectivity index (χ3n) is 3.79. The molecule has 112 valence electrons. The Morgan fingerprint density at radius 2 is 2.10 bits per heavy atom. The maximum atomic E-state index is 14.0. The molecule has 0 bridgehead atoms. The summed E-state index contributed by atoms with van der Waals surface area (Å²) >= 11 is 0. The molecular weight excluding hydrogens is 257 g/mol. The van der Waals surface area contributed by atoms with Gasteiger partial charge in [-0.15, -0.1) is 0 Å². The number of hydrogen-bond donors (Lipinski definition) is 2. The maximum Gasteiger partial charge on any atom is 0.129 e. The average molecular weight is 281 g/mol. The standard InChI is InChI=1S/C15H24FN3O/c1-17-12-13-14(16)4-2-5-15(13)19-7-3-6-18(8-9-19)10-11-20/h2,4-5,17,20H,3,6-12H2,1H3. The third kappa shape index (κ3) is 3.69. The molecule has 1 aromatic carbocycles. The minimum atomic E-state index is -0.145. The molecule has 1 aliphatic heterocycles. The highest BCUT2D eigenvalue weighted by molar-refractivity contribution is 5.54. The van der Waals surface area contributed by atoms with Crippen molar-refractivity contribution in [1.82, 2.24) is 10.2 Å². The van der Waals surface area contributed by atoms with Crippen LogP contribution in [0, 0.1) is 5.82 Å². The molecule has 0 spiro atoms. The van der Waals surface area contributed by atoms with E-state index in [9.17, 15) is 4.39 Å². The molecular formula is C15H24FN3O. The molecule has 1 aromatic rings. The zero-order valence-corrected chi connectivity index (χ0v) is 12.1. The summed E-state index contributed by atoms with van der Waals surface area (Å²) in [6.07, 6.45) is 1.04. The van der Waals surface area contributed by atoms with Gasteiger partial charge in [-0.3, -0.25) is 4.90 Å². The fraction of sp³-hybridized carbons (Fsp3) is 0.600. The Morgan fingerprint density at radius 3 is 2.85 bits per heavy atom. The lowest BCUT2D eigenvalue weighted by Gasteiger charge is -2.26. The fourth-order valence-electron chi connectivity index (χ4n) is 2.77. The zero-order chi connectivity index (χ0) is 14.4. The Labute approximate surface area is 120 Å². The molecule has 2 N–H and O–H groups in total. The van der Waals surface area contributed by atoms with Crippen molar-refractivity contribution in [3.8, 4) is 0 Å². The molecule has 20 heavy (non-hydrogen) atoms. The lowest BCUT2D eigenvalue weighted by atomic mass is 10.1. The summed E-state index contributed by atoms with van der Waals surface area (Å²) in [6, 6.07) is 5.30. The minimum Gasteiger partial charge on any atom is -0.395 e. The lowest BCUT2D eigenvalue weighted by Crippen LogP contribution is -2.33. The van der Waals surface area contributed by atoms with E-state index < -0.39 is 0 Å². The summed E-state index contributed by atoms with van der Waals surface area (Å²) in [5.74, 6) is -0.145. The second-order valence-electron chi connectivity index (χ2n) is 5.17. The Bertz CT molecular complexity index is 428. The van der Waals surface area contributed by atoms with E-state index in [1.54, 1.807) is 6.07 Å². The maximum absolute atomic E-state index is 14.0. The number of benzene rings is 1. The number of β-amino-alcohol motifs (C(OH)–C–C–N with tert-alkyl or cyclic N) is 1. The van der Waals surface area contributed by atoms with Gasteiger partial charge >= 0.3 is 0 Å². The molecule has 1 heterocycles. The van der Waals surface area contributed by atoms with Crippen molar-refractivity contribution in [3.05, 3.63) is 29.6 Å². The molecule has 5 heteroatoms. The van der Waals surface area contributed by atoms with Gasteiger partial charge in [-0.05, 0) is 32.1 Å². The van der Waals surface area contributed by atoms with E-state index in [4.69, 9.17) is 5.11 Å². The molecule has 0 atom stereocenters. The van der Waals surface area contributed by atoms with Crippen LogP contribution in [0.15, 0.2) is 18.2 Å². The van der Waals surface area contributed by atoms with Crippen LogP contribution >= 0.6 is 0 Å². The lowest BCUT2D eigenvalue weighted by molar-refractivity contribution is 0.204. The fourth-order valence-corrected chi connectivity index (χ4v) is 2.77.